The minimum absolute atomic E-state index is 0.0275. The average molecular weight is 857 g/mol. The molecular formula is C54H34F6N2O2. The Labute approximate surface area is 363 Å². The highest BCUT2D eigenvalue weighted by Crippen LogP contribution is 2.44. The van der Waals surface area contributed by atoms with Crippen molar-refractivity contribution < 1.29 is 35.9 Å². The molecule has 0 bridgehead atoms. The largest absolute Gasteiger partial charge is 0.417 e. The van der Waals surface area contributed by atoms with Gasteiger partial charge in [-0.1, -0.05) is 103 Å². The number of halogens is 6. The summed E-state index contributed by atoms with van der Waals surface area (Å²) in [6, 6.07) is 47.9. The van der Waals surface area contributed by atoms with Crippen molar-refractivity contribution in [1.29, 1.82) is 0 Å². The highest BCUT2D eigenvalue weighted by Gasteiger charge is 2.40. The van der Waals surface area contributed by atoms with Crippen LogP contribution in [-0.4, -0.2) is 16.4 Å². The number of imide groups is 1. The van der Waals surface area contributed by atoms with E-state index in [2.05, 4.69) is 0 Å². The summed E-state index contributed by atoms with van der Waals surface area (Å²) in [4.78, 5) is 30.7. The summed E-state index contributed by atoms with van der Waals surface area (Å²) in [5.74, 6) is -1.08. The first-order valence-corrected chi connectivity index (χ1v) is 20.4. The maximum atomic E-state index is 15.0. The lowest BCUT2D eigenvalue weighted by molar-refractivity contribution is -0.138. The van der Waals surface area contributed by atoms with Gasteiger partial charge in [0.25, 0.3) is 11.8 Å². The molecule has 10 rings (SSSR count). The second kappa shape index (κ2) is 15.0. The number of aryl methyl sites for hydroxylation is 2. The zero-order valence-electron chi connectivity index (χ0n) is 34.1. The van der Waals surface area contributed by atoms with E-state index in [9.17, 15) is 35.9 Å². The van der Waals surface area contributed by atoms with E-state index in [1.165, 1.54) is 17.0 Å². The third kappa shape index (κ3) is 6.82. The Morgan fingerprint density at radius 1 is 0.438 bits per heavy atom. The minimum Gasteiger partial charge on any atom is -0.308 e. The van der Waals surface area contributed by atoms with Gasteiger partial charge in [0.1, 0.15) is 0 Å². The summed E-state index contributed by atoms with van der Waals surface area (Å²) < 4.78 is 86.4. The number of amides is 2. The molecule has 0 aliphatic carbocycles. The Balaban J connectivity index is 1.18. The van der Waals surface area contributed by atoms with Crippen LogP contribution < -0.4 is 4.90 Å². The molecule has 0 radical (unpaired) electrons. The van der Waals surface area contributed by atoms with Crippen molar-refractivity contribution in [3.05, 3.63) is 203 Å². The molecular weight excluding hydrogens is 823 g/mol. The molecule has 0 spiro atoms. The Hall–Kier alpha value is -7.72. The minimum atomic E-state index is -4.65. The molecule has 0 N–H and O–H groups in total. The first kappa shape index (κ1) is 40.4. The van der Waals surface area contributed by atoms with Crippen LogP contribution in [-0.2, 0) is 12.4 Å². The molecule has 0 unspecified atom stereocenters. The molecule has 64 heavy (non-hydrogen) atoms. The normalized spacial score (nSPS) is 13.0. The van der Waals surface area contributed by atoms with E-state index in [0.717, 1.165) is 40.5 Å². The highest BCUT2D eigenvalue weighted by atomic mass is 19.4. The molecule has 0 fully saturated rings. The number of rotatable bonds is 6. The molecule has 8 aromatic carbocycles. The Morgan fingerprint density at radius 2 is 1.02 bits per heavy atom. The first-order valence-electron chi connectivity index (χ1n) is 20.4. The monoisotopic (exact) mass is 856 g/mol. The third-order valence-corrected chi connectivity index (χ3v) is 11.9. The van der Waals surface area contributed by atoms with Gasteiger partial charge in [-0.15, -0.1) is 0 Å². The number of carbonyl (C=O) groups is 2. The predicted molar refractivity (Wildman–Crippen MR) is 240 cm³/mol. The van der Waals surface area contributed by atoms with Crippen LogP contribution in [0, 0.1) is 13.8 Å². The molecule has 2 heterocycles. The maximum absolute atomic E-state index is 15.0. The first-order chi connectivity index (χ1) is 30.7. The Morgan fingerprint density at radius 3 is 1.58 bits per heavy atom. The molecule has 10 heteroatoms. The lowest BCUT2D eigenvalue weighted by Gasteiger charge is -2.18. The van der Waals surface area contributed by atoms with Gasteiger partial charge >= 0.3 is 12.4 Å². The van der Waals surface area contributed by atoms with Crippen LogP contribution in [0.1, 0.15) is 43.0 Å². The molecule has 4 nitrogen and oxygen atoms in total. The fraction of sp³-hybridized carbons (Fsp3) is 0.0741. The van der Waals surface area contributed by atoms with Crippen molar-refractivity contribution in [2.75, 3.05) is 4.90 Å². The van der Waals surface area contributed by atoms with Crippen LogP contribution in [0.2, 0.25) is 0 Å². The van der Waals surface area contributed by atoms with E-state index in [-0.39, 0.29) is 16.7 Å². The van der Waals surface area contributed by atoms with Crippen LogP contribution in [0.25, 0.3) is 72.0 Å². The summed E-state index contributed by atoms with van der Waals surface area (Å²) in [5, 5.41) is 1.10. The van der Waals surface area contributed by atoms with Gasteiger partial charge in [-0.05, 0) is 137 Å². The molecule has 314 valence electrons. The molecule has 9 aromatic rings. The van der Waals surface area contributed by atoms with E-state index >= 15 is 0 Å². The lowest BCUT2D eigenvalue weighted by atomic mass is 9.95. The summed E-state index contributed by atoms with van der Waals surface area (Å²) in [6.45, 7) is 3.18. The van der Waals surface area contributed by atoms with Gasteiger partial charge in [-0.2, -0.15) is 26.3 Å². The van der Waals surface area contributed by atoms with Gasteiger partial charge in [0, 0.05) is 10.8 Å². The predicted octanol–water partition coefficient (Wildman–Crippen LogP) is 14.9. The Kier molecular flexibility index (Phi) is 9.44. The smallest absolute Gasteiger partial charge is 0.308 e. The standard InChI is InChI=1S/C54H34F6N2O2/c1-31-16-20-42(46(24-31)54(58,59)60)36-18-23-48-45(30-36)44-29-35(41-21-19-39(25-32(41)2)53(55,56)57)17-22-47(44)62(48)49-15-9-14-43-50(49)52(64)61(51(43)63)40-27-37(33-10-5-3-6-11-33)26-38(28-40)34-12-7-4-8-13-34/h3-30H,1-2H3. The molecule has 1 aromatic heterocycles. The SMILES string of the molecule is Cc1ccc(-c2ccc3c(c2)c2cc(-c4ccc(C(F)(F)F)cc4C)ccc2n3-c2cccc3c2C(=O)N(c2cc(-c4ccccc4)cc(-c4ccccc4)c2)C3=O)c(C(F)(F)F)c1. The number of hydrogen-bond donors (Lipinski definition) is 0. The van der Waals surface area contributed by atoms with Gasteiger partial charge in [-0.3, -0.25) is 9.59 Å². The molecule has 0 saturated heterocycles. The number of carbonyl (C=O) groups excluding carboxylic acids is 2. The number of benzene rings is 8. The molecule has 0 atom stereocenters. The van der Waals surface area contributed by atoms with Crippen molar-refractivity contribution in [2.24, 2.45) is 0 Å². The van der Waals surface area contributed by atoms with E-state index in [1.54, 1.807) is 74.5 Å². The van der Waals surface area contributed by atoms with Gasteiger partial charge in [0.15, 0.2) is 0 Å². The number of hydrogen-bond acceptors (Lipinski definition) is 2. The molecule has 1 aliphatic heterocycles. The number of anilines is 1. The van der Waals surface area contributed by atoms with Crippen molar-refractivity contribution in [2.45, 2.75) is 26.2 Å². The summed E-state index contributed by atoms with van der Waals surface area (Å²) >= 11 is 0. The van der Waals surface area contributed by atoms with Crippen molar-refractivity contribution in [1.82, 2.24) is 4.57 Å². The third-order valence-electron chi connectivity index (χ3n) is 11.9. The van der Waals surface area contributed by atoms with E-state index in [1.807, 2.05) is 83.4 Å². The molecule has 2 amide bonds. The summed E-state index contributed by atoms with van der Waals surface area (Å²) in [6.07, 6.45) is -9.19. The van der Waals surface area contributed by atoms with Crippen LogP contribution >= 0.6 is 0 Å². The summed E-state index contributed by atoms with van der Waals surface area (Å²) in [7, 11) is 0. The highest BCUT2D eigenvalue weighted by molar-refractivity contribution is 6.36. The summed E-state index contributed by atoms with van der Waals surface area (Å²) in [5.41, 5.74) is 6.15. The lowest BCUT2D eigenvalue weighted by Crippen LogP contribution is -2.29. The number of nitrogens with zero attached hydrogens (tertiary/aromatic N) is 2. The Bertz CT molecular complexity index is 3310. The second-order valence-corrected chi connectivity index (χ2v) is 16.0. The van der Waals surface area contributed by atoms with E-state index in [0.29, 0.717) is 61.0 Å². The van der Waals surface area contributed by atoms with Crippen molar-refractivity contribution in [3.8, 4) is 50.2 Å². The van der Waals surface area contributed by atoms with Gasteiger partial charge in [0.2, 0.25) is 0 Å². The number of aromatic nitrogens is 1. The zero-order valence-corrected chi connectivity index (χ0v) is 34.1. The zero-order chi connectivity index (χ0) is 44.7. The maximum Gasteiger partial charge on any atom is 0.417 e. The van der Waals surface area contributed by atoms with E-state index in [4.69, 9.17) is 0 Å². The van der Waals surface area contributed by atoms with E-state index < -0.39 is 35.3 Å². The quantitative estimate of drug-likeness (QED) is 0.123. The second-order valence-electron chi connectivity index (χ2n) is 16.0. The van der Waals surface area contributed by atoms with Gasteiger partial charge < -0.3 is 4.57 Å². The van der Waals surface area contributed by atoms with Gasteiger partial charge in [0.05, 0.1) is 44.7 Å². The van der Waals surface area contributed by atoms with Crippen LogP contribution in [0.4, 0.5) is 32.0 Å². The average Bonchev–Trinajstić information content (AvgIpc) is 3.75. The topological polar surface area (TPSA) is 42.3 Å². The number of alkyl halides is 6. The fourth-order valence-corrected chi connectivity index (χ4v) is 8.95. The van der Waals surface area contributed by atoms with Crippen molar-refractivity contribution in [3.63, 3.8) is 0 Å². The molecule has 0 saturated carbocycles. The van der Waals surface area contributed by atoms with Crippen LogP contribution in [0.15, 0.2) is 170 Å². The molecule has 1 aliphatic rings. The fourth-order valence-electron chi connectivity index (χ4n) is 8.95. The number of fused-ring (bicyclic) bond motifs is 4. The van der Waals surface area contributed by atoms with Crippen molar-refractivity contribution >= 4 is 39.3 Å². The van der Waals surface area contributed by atoms with Gasteiger partial charge in [-0.25, -0.2) is 4.90 Å². The van der Waals surface area contributed by atoms with Crippen LogP contribution in [0.3, 0.4) is 0 Å². The van der Waals surface area contributed by atoms with Crippen LogP contribution in [0.5, 0.6) is 0 Å².